The third-order valence-electron chi connectivity index (χ3n) is 2.73. The van der Waals surface area contributed by atoms with Gasteiger partial charge < -0.3 is 10.6 Å². The Labute approximate surface area is 111 Å². The van der Waals surface area contributed by atoms with Crippen LogP contribution in [-0.4, -0.2) is 24.0 Å². The van der Waals surface area contributed by atoms with Crippen LogP contribution in [-0.2, 0) is 4.79 Å². The summed E-state index contributed by atoms with van der Waals surface area (Å²) in [6, 6.07) is 6.60. The van der Waals surface area contributed by atoms with Crippen molar-refractivity contribution in [3.8, 4) is 0 Å². The van der Waals surface area contributed by atoms with E-state index >= 15 is 0 Å². The maximum atomic E-state index is 13.7. The number of rotatable bonds is 4. The van der Waals surface area contributed by atoms with E-state index in [-0.39, 0.29) is 18.3 Å². The zero-order valence-corrected chi connectivity index (χ0v) is 11.0. The van der Waals surface area contributed by atoms with E-state index in [1.165, 1.54) is 6.07 Å². The van der Waals surface area contributed by atoms with Crippen molar-refractivity contribution in [3.05, 3.63) is 35.8 Å². The van der Waals surface area contributed by atoms with Crippen molar-refractivity contribution in [1.29, 1.82) is 0 Å². The number of halogens is 1. The van der Waals surface area contributed by atoms with Gasteiger partial charge in [-0.25, -0.2) is 9.37 Å². The first-order valence-corrected chi connectivity index (χ1v) is 6.18. The van der Waals surface area contributed by atoms with E-state index in [1.807, 2.05) is 6.92 Å². The number of fused-ring (bicyclic) bond motifs is 1. The number of amides is 1. The fourth-order valence-corrected chi connectivity index (χ4v) is 1.92. The van der Waals surface area contributed by atoms with Crippen LogP contribution in [0.1, 0.15) is 12.6 Å². The van der Waals surface area contributed by atoms with Gasteiger partial charge in [-0.2, -0.15) is 0 Å². The maximum absolute atomic E-state index is 13.7. The average Bonchev–Trinajstić information content (AvgIpc) is 2.37. The molecule has 100 valence electrons. The Kier molecular flexibility index (Phi) is 3.94. The molecule has 2 rings (SSSR count). The molecule has 0 saturated heterocycles. The number of carbonyl (C=O) groups excluding carboxylic acids is 1. The summed E-state index contributed by atoms with van der Waals surface area (Å²) in [4.78, 5) is 15.6. The number of hydrogen-bond donors (Lipinski definition) is 2. The first-order valence-electron chi connectivity index (χ1n) is 6.18. The largest absolute Gasteiger partial charge is 0.376 e. The fraction of sp³-hybridized carbons (Fsp3) is 0.286. The van der Waals surface area contributed by atoms with E-state index < -0.39 is 0 Å². The van der Waals surface area contributed by atoms with Gasteiger partial charge in [0.05, 0.1) is 6.54 Å². The van der Waals surface area contributed by atoms with Crippen LogP contribution in [0.25, 0.3) is 10.9 Å². The van der Waals surface area contributed by atoms with E-state index in [9.17, 15) is 9.18 Å². The lowest BCUT2D eigenvalue weighted by Crippen LogP contribution is -2.29. The topological polar surface area (TPSA) is 54.0 Å². The lowest BCUT2D eigenvalue weighted by atomic mass is 10.1. The van der Waals surface area contributed by atoms with Crippen molar-refractivity contribution in [2.75, 3.05) is 18.4 Å². The normalized spacial score (nSPS) is 10.5. The molecule has 2 aromatic rings. The van der Waals surface area contributed by atoms with Crippen LogP contribution in [0, 0.1) is 12.7 Å². The summed E-state index contributed by atoms with van der Waals surface area (Å²) in [5.74, 6) is -0.455. The van der Waals surface area contributed by atoms with E-state index in [0.717, 1.165) is 0 Å². The van der Waals surface area contributed by atoms with Crippen LogP contribution >= 0.6 is 0 Å². The Morgan fingerprint density at radius 3 is 2.95 bits per heavy atom. The molecule has 19 heavy (non-hydrogen) atoms. The van der Waals surface area contributed by atoms with Crippen LogP contribution < -0.4 is 10.6 Å². The molecule has 0 aliphatic heterocycles. The molecule has 5 heteroatoms. The number of likely N-dealkylation sites (N-methyl/N-ethyl adjacent to an activating group) is 1. The molecule has 0 atom stereocenters. The Hall–Kier alpha value is -2.17. The molecular formula is C14H16FN3O. The van der Waals surface area contributed by atoms with E-state index in [1.54, 1.807) is 25.1 Å². The van der Waals surface area contributed by atoms with Crippen molar-refractivity contribution in [2.45, 2.75) is 13.8 Å². The third kappa shape index (κ3) is 2.99. The van der Waals surface area contributed by atoms with Gasteiger partial charge in [-0.3, -0.25) is 4.79 Å². The summed E-state index contributed by atoms with van der Waals surface area (Å²) in [6.07, 6.45) is 0. The van der Waals surface area contributed by atoms with E-state index in [2.05, 4.69) is 15.6 Å². The summed E-state index contributed by atoms with van der Waals surface area (Å²) in [5, 5.41) is 6.40. The van der Waals surface area contributed by atoms with Gasteiger partial charge in [-0.15, -0.1) is 0 Å². The van der Waals surface area contributed by atoms with Crippen molar-refractivity contribution in [1.82, 2.24) is 10.3 Å². The number of hydrogen-bond acceptors (Lipinski definition) is 3. The summed E-state index contributed by atoms with van der Waals surface area (Å²) in [7, 11) is 0. The predicted molar refractivity (Wildman–Crippen MR) is 73.6 cm³/mol. The number of benzene rings is 1. The number of anilines is 1. The molecule has 0 fully saturated rings. The molecule has 1 aromatic heterocycles. The number of nitrogens with one attached hydrogen (secondary N) is 2. The van der Waals surface area contributed by atoms with Gasteiger partial charge in [-0.05, 0) is 26.0 Å². The van der Waals surface area contributed by atoms with Crippen molar-refractivity contribution < 1.29 is 9.18 Å². The lowest BCUT2D eigenvalue weighted by Gasteiger charge is -2.11. The Balaban J connectivity index is 2.32. The second-order valence-corrected chi connectivity index (χ2v) is 4.25. The fourth-order valence-electron chi connectivity index (χ4n) is 1.92. The summed E-state index contributed by atoms with van der Waals surface area (Å²) in [6.45, 7) is 4.40. The number of nitrogens with zero attached hydrogens (tertiary/aromatic N) is 1. The van der Waals surface area contributed by atoms with Crippen LogP contribution in [0.4, 0.5) is 10.1 Å². The standard InChI is InChI=1S/C14H16FN3O/c1-3-16-13(19)8-17-12-7-9(2)18-14-10(12)5-4-6-11(14)15/h4-7H,3,8H2,1-2H3,(H,16,19)(H,17,18). The molecule has 1 amide bonds. The summed E-state index contributed by atoms with van der Waals surface area (Å²) < 4.78 is 13.7. The molecule has 4 nitrogen and oxygen atoms in total. The zero-order valence-electron chi connectivity index (χ0n) is 11.0. The third-order valence-corrected chi connectivity index (χ3v) is 2.73. The van der Waals surface area contributed by atoms with Crippen molar-refractivity contribution in [2.24, 2.45) is 0 Å². The second kappa shape index (κ2) is 5.65. The Morgan fingerprint density at radius 1 is 1.42 bits per heavy atom. The monoisotopic (exact) mass is 261 g/mol. The van der Waals surface area contributed by atoms with Gasteiger partial charge in [0, 0.05) is 23.3 Å². The summed E-state index contributed by atoms with van der Waals surface area (Å²) >= 11 is 0. The first-order chi connectivity index (χ1) is 9.11. The second-order valence-electron chi connectivity index (χ2n) is 4.25. The molecule has 1 aromatic carbocycles. The van der Waals surface area contributed by atoms with Crippen LogP contribution in [0.3, 0.4) is 0 Å². The van der Waals surface area contributed by atoms with Crippen molar-refractivity contribution in [3.63, 3.8) is 0 Å². The molecule has 0 aliphatic rings. The highest BCUT2D eigenvalue weighted by Gasteiger charge is 2.08. The number of pyridine rings is 1. The van der Waals surface area contributed by atoms with Crippen LogP contribution in [0.5, 0.6) is 0 Å². The van der Waals surface area contributed by atoms with Crippen molar-refractivity contribution >= 4 is 22.5 Å². The number of aryl methyl sites for hydroxylation is 1. The molecule has 0 radical (unpaired) electrons. The molecule has 1 heterocycles. The molecule has 0 aliphatic carbocycles. The number of aromatic nitrogens is 1. The van der Waals surface area contributed by atoms with Gasteiger partial charge in [0.2, 0.25) is 5.91 Å². The number of carbonyl (C=O) groups is 1. The van der Waals surface area contributed by atoms with E-state index in [0.29, 0.717) is 28.8 Å². The molecule has 0 unspecified atom stereocenters. The van der Waals surface area contributed by atoms with Crippen LogP contribution in [0.2, 0.25) is 0 Å². The summed E-state index contributed by atoms with van der Waals surface area (Å²) in [5.41, 5.74) is 1.74. The number of para-hydroxylation sites is 1. The van der Waals surface area contributed by atoms with Gasteiger partial charge >= 0.3 is 0 Å². The highest BCUT2D eigenvalue weighted by molar-refractivity contribution is 5.93. The minimum Gasteiger partial charge on any atom is -0.376 e. The van der Waals surface area contributed by atoms with Gasteiger partial charge in [-0.1, -0.05) is 12.1 Å². The highest BCUT2D eigenvalue weighted by atomic mass is 19.1. The highest BCUT2D eigenvalue weighted by Crippen LogP contribution is 2.24. The SMILES string of the molecule is CCNC(=O)CNc1cc(C)nc2c(F)cccc12. The lowest BCUT2D eigenvalue weighted by molar-refractivity contribution is -0.119. The Morgan fingerprint density at radius 2 is 2.21 bits per heavy atom. The van der Waals surface area contributed by atoms with Gasteiger partial charge in [0.25, 0.3) is 0 Å². The van der Waals surface area contributed by atoms with Crippen LogP contribution in [0.15, 0.2) is 24.3 Å². The van der Waals surface area contributed by atoms with Gasteiger partial charge in [0.1, 0.15) is 11.3 Å². The first kappa shape index (κ1) is 13.3. The Bertz CT molecular complexity index is 613. The minimum absolute atomic E-state index is 0.0958. The van der Waals surface area contributed by atoms with Gasteiger partial charge in [0.15, 0.2) is 0 Å². The maximum Gasteiger partial charge on any atom is 0.239 e. The molecule has 2 N–H and O–H groups in total. The molecular weight excluding hydrogens is 245 g/mol. The quantitative estimate of drug-likeness (QED) is 0.887. The van der Waals surface area contributed by atoms with E-state index in [4.69, 9.17) is 0 Å². The molecule has 0 bridgehead atoms. The zero-order chi connectivity index (χ0) is 13.8. The molecule has 0 spiro atoms. The molecule has 0 saturated carbocycles. The minimum atomic E-state index is -0.359. The smallest absolute Gasteiger partial charge is 0.239 e. The average molecular weight is 261 g/mol. The predicted octanol–water partition coefficient (Wildman–Crippen LogP) is 2.23.